The summed E-state index contributed by atoms with van der Waals surface area (Å²) in [6.45, 7) is 10.3. The predicted octanol–water partition coefficient (Wildman–Crippen LogP) is 6.25. The summed E-state index contributed by atoms with van der Waals surface area (Å²) in [5, 5.41) is 8.84. The molecule has 2 aromatic carbocycles. The predicted molar refractivity (Wildman–Crippen MR) is 131 cm³/mol. The molecule has 4 heteroatoms. The van der Waals surface area contributed by atoms with E-state index in [1.54, 1.807) is 6.08 Å². The molecule has 0 atom stereocenters. The number of carbonyl (C=O) groups is 1. The largest absolute Gasteiger partial charge is 0.487 e. The highest BCUT2D eigenvalue weighted by molar-refractivity contribution is 5.67. The smallest absolute Gasteiger partial charge is 0.303 e. The Morgan fingerprint density at radius 1 is 1.16 bits per heavy atom. The molecule has 3 rings (SSSR count). The van der Waals surface area contributed by atoms with E-state index in [-0.39, 0.29) is 6.42 Å². The molecule has 0 bridgehead atoms. The van der Waals surface area contributed by atoms with E-state index in [4.69, 9.17) is 9.84 Å². The van der Waals surface area contributed by atoms with Gasteiger partial charge < -0.3 is 14.7 Å². The van der Waals surface area contributed by atoms with Crippen molar-refractivity contribution < 1.29 is 14.6 Å². The minimum atomic E-state index is -0.780. The highest BCUT2D eigenvalue weighted by atomic mass is 16.5. The maximum atomic E-state index is 10.8. The first-order valence-corrected chi connectivity index (χ1v) is 11.2. The fraction of sp³-hybridized carbons (Fsp3) is 0.321. The maximum absolute atomic E-state index is 10.8. The number of rotatable bonds is 10. The fourth-order valence-electron chi connectivity index (χ4n) is 3.94. The second kappa shape index (κ2) is 11.4. The van der Waals surface area contributed by atoms with Crippen molar-refractivity contribution in [3.63, 3.8) is 0 Å². The van der Waals surface area contributed by atoms with Crippen LogP contribution >= 0.6 is 0 Å². The van der Waals surface area contributed by atoms with E-state index in [1.807, 2.05) is 25.1 Å². The third-order valence-corrected chi connectivity index (χ3v) is 5.87. The number of aliphatic carboxylic acids is 1. The van der Waals surface area contributed by atoms with Gasteiger partial charge in [0.05, 0.1) is 5.69 Å². The average Bonchev–Trinajstić information content (AvgIpc) is 2.79. The SMILES string of the molecule is C=C/C(=C\C=C(/C)CCC(=O)O)COc1cccc2c1N(Cc1ccccc1C)CCC2. The Balaban J connectivity index is 1.75. The molecule has 2 aromatic rings. The molecule has 0 saturated carbocycles. The van der Waals surface area contributed by atoms with Gasteiger partial charge in [-0.2, -0.15) is 0 Å². The number of para-hydroxylation sites is 1. The molecular formula is C28H33NO3. The van der Waals surface area contributed by atoms with Crippen molar-refractivity contribution in [3.05, 3.63) is 95.1 Å². The third kappa shape index (κ3) is 6.36. The molecule has 0 spiro atoms. The lowest BCUT2D eigenvalue weighted by molar-refractivity contribution is -0.136. The van der Waals surface area contributed by atoms with Crippen LogP contribution in [0.2, 0.25) is 0 Å². The molecule has 1 N–H and O–H groups in total. The van der Waals surface area contributed by atoms with E-state index in [2.05, 4.69) is 54.8 Å². The molecule has 32 heavy (non-hydrogen) atoms. The first-order valence-electron chi connectivity index (χ1n) is 11.2. The molecule has 0 aromatic heterocycles. The van der Waals surface area contributed by atoms with Crippen LogP contribution < -0.4 is 9.64 Å². The Morgan fingerprint density at radius 2 is 1.97 bits per heavy atom. The summed E-state index contributed by atoms with van der Waals surface area (Å²) >= 11 is 0. The topological polar surface area (TPSA) is 49.8 Å². The molecule has 1 heterocycles. The van der Waals surface area contributed by atoms with Gasteiger partial charge in [-0.1, -0.05) is 66.8 Å². The van der Waals surface area contributed by atoms with Gasteiger partial charge in [0.15, 0.2) is 0 Å². The van der Waals surface area contributed by atoms with Gasteiger partial charge in [-0.05, 0) is 61.4 Å². The van der Waals surface area contributed by atoms with Crippen LogP contribution in [-0.4, -0.2) is 24.2 Å². The number of allylic oxidation sites excluding steroid dienone is 3. The number of anilines is 1. The lowest BCUT2D eigenvalue weighted by Crippen LogP contribution is -2.29. The second-order valence-electron chi connectivity index (χ2n) is 8.36. The van der Waals surface area contributed by atoms with Crippen molar-refractivity contribution in [2.45, 2.75) is 46.1 Å². The molecule has 0 saturated heterocycles. The van der Waals surface area contributed by atoms with E-state index in [0.717, 1.165) is 42.8 Å². The van der Waals surface area contributed by atoms with Crippen LogP contribution in [-0.2, 0) is 17.8 Å². The number of carboxylic acid groups (broad SMARTS) is 1. The maximum Gasteiger partial charge on any atom is 0.303 e. The van der Waals surface area contributed by atoms with Gasteiger partial charge in [0.1, 0.15) is 12.4 Å². The van der Waals surface area contributed by atoms with Crippen LogP contribution in [0.4, 0.5) is 5.69 Å². The van der Waals surface area contributed by atoms with E-state index in [9.17, 15) is 4.79 Å². The number of aryl methyl sites for hydroxylation is 2. The van der Waals surface area contributed by atoms with E-state index < -0.39 is 5.97 Å². The normalized spacial score (nSPS) is 14.1. The molecule has 168 valence electrons. The van der Waals surface area contributed by atoms with Gasteiger partial charge in [0, 0.05) is 19.5 Å². The third-order valence-electron chi connectivity index (χ3n) is 5.87. The highest BCUT2D eigenvalue weighted by Gasteiger charge is 2.21. The Bertz CT molecular complexity index is 1020. The summed E-state index contributed by atoms with van der Waals surface area (Å²) < 4.78 is 6.28. The zero-order valence-corrected chi connectivity index (χ0v) is 19.1. The molecule has 0 radical (unpaired) electrons. The molecule has 0 fully saturated rings. The number of fused-ring (bicyclic) bond motifs is 1. The van der Waals surface area contributed by atoms with Crippen LogP contribution in [0.3, 0.4) is 0 Å². The van der Waals surface area contributed by atoms with Crippen molar-refractivity contribution in [1.29, 1.82) is 0 Å². The van der Waals surface area contributed by atoms with Crippen LogP contribution in [0, 0.1) is 6.92 Å². The van der Waals surface area contributed by atoms with Gasteiger partial charge in [-0.15, -0.1) is 0 Å². The van der Waals surface area contributed by atoms with Crippen LogP contribution in [0.5, 0.6) is 5.75 Å². The number of benzene rings is 2. The fourth-order valence-corrected chi connectivity index (χ4v) is 3.94. The van der Waals surface area contributed by atoms with Crippen molar-refractivity contribution in [1.82, 2.24) is 0 Å². The summed E-state index contributed by atoms with van der Waals surface area (Å²) in [5.41, 5.74) is 7.14. The molecule has 4 nitrogen and oxygen atoms in total. The van der Waals surface area contributed by atoms with Gasteiger partial charge in [-0.3, -0.25) is 4.79 Å². The molecule has 0 unspecified atom stereocenters. The average molecular weight is 432 g/mol. The second-order valence-corrected chi connectivity index (χ2v) is 8.36. The van der Waals surface area contributed by atoms with E-state index >= 15 is 0 Å². The quantitative estimate of drug-likeness (QED) is 0.452. The Labute approximate surface area is 191 Å². The van der Waals surface area contributed by atoms with Gasteiger partial charge in [0.2, 0.25) is 0 Å². The van der Waals surface area contributed by atoms with E-state index in [1.165, 1.54) is 22.4 Å². The van der Waals surface area contributed by atoms with Gasteiger partial charge in [-0.25, -0.2) is 0 Å². The molecular weight excluding hydrogens is 398 g/mol. The van der Waals surface area contributed by atoms with Crippen LogP contribution in [0.15, 0.2) is 78.4 Å². The zero-order valence-electron chi connectivity index (χ0n) is 19.1. The van der Waals surface area contributed by atoms with Crippen molar-refractivity contribution in [2.24, 2.45) is 0 Å². The van der Waals surface area contributed by atoms with Crippen molar-refractivity contribution in [2.75, 3.05) is 18.1 Å². The standard InChI is InChI=1S/C28H33NO3/c1-4-23(16-14-21(2)15-17-27(30)31)20-32-26-13-7-11-24-12-8-18-29(28(24)26)19-25-10-6-5-9-22(25)3/h4-7,9-11,13-14,16H,1,8,12,15,17-20H2,2-3H3,(H,30,31)/b21-14+,23-16+. The summed E-state index contributed by atoms with van der Waals surface area (Å²) in [6.07, 6.45) is 8.59. The van der Waals surface area contributed by atoms with Crippen LogP contribution in [0.1, 0.15) is 42.9 Å². The first kappa shape index (κ1) is 23.4. The van der Waals surface area contributed by atoms with Crippen molar-refractivity contribution in [3.8, 4) is 5.75 Å². The number of hydrogen-bond donors (Lipinski definition) is 1. The lowest BCUT2D eigenvalue weighted by Gasteiger charge is -2.33. The summed E-state index contributed by atoms with van der Waals surface area (Å²) in [6, 6.07) is 14.9. The van der Waals surface area contributed by atoms with E-state index in [0.29, 0.717) is 13.0 Å². The lowest BCUT2D eigenvalue weighted by atomic mass is 9.99. The molecule has 0 amide bonds. The number of ether oxygens (including phenoxy) is 1. The van der Waals surface area contributed by atoms with Gasteiger partial charge in [0.25, 0.3) is 0 Å². The van der Waals surface area contributed by atoms with Crippen LogP contribution in [0.25, 0.3) is 0 Å². The monoisotopic (exact) mass is 431 g/mol. The molecule has 0 aliphatic carbocycles. The molecule has 1 aliphatic heterocycles. The Morgan fingerprint density at radius 3 is 2.72 bits per heavy atom. The zero-order chi connectivity index (χ0) is 22.9. The minimum Gasteiger partial charge on any atom is -0.487 e. The number of nitrogens with zero attached hydrogens (tertiary/aromatic N) is 1. The summed E-state index contributed by atoms with van der Waals surface area (Å²) in [7, 11) is 0. The summed E-state index contributed by atoms with van der Waals surface area (Å²) in [5.74, 6) is 0.119. The number of hydrogen-bond acceptors (Lipinski definition) is 3. The van der Waals surface area contributed by atoms with Gasteiger partial charge >= 0.3 is 5.97 Å². The number of carboxylic acids is 1. The highest BCUT2D eigenvalue weighted by Crippen LogP contribution is 2.37. The van der Waals surface area contributed by atoms with Crippen molar-refractivity contribution >= 4 is 11.7 Å². The summed E-state index contributed by atoms with van der Waals surface area (Å²) in [4.78, 5) is 13.2. The minimum absolute atomic E-state index is 0.142. The Kier molecular flexibility index (Phi) is 8.32. The first-order chi connectivity index (χ1) is 15.5. The Hall–Kier alpha value is -3.27. The molecule has 1 aliphatic rings.